The van der Waals surface area contributed by atoms with Crippen molar-refractivity contribution in [2.75, 3.05) is 13.1 Å². The fourth-order valence-electron chi connectivity index (χ4n) is 1.39. The molecular formula is C10H9F3N4O2. The van der Waals surface area contributed by atoms with E-state index in [9.17, 15) is 18.0 Å². The number of nitrogens with one attached hydrogen (secondary N) is 1. The van der Waals surface area contributed by atoms with Gasteiger partial charge in [-0.15, -0.1) is 0 Å². The van der Waals surface area contributed by atoms with E-state index in [0.29, 0.717) is 12.1 Å². The van der Waals surface area contributed by atoms with Crippen LogP contribution in [0.1, 0.15) is 11.6 Å². The molecule has 0 aliphatic heterocycles. The van der Waals surface area contributed by atoms with Gasteiger partial charge in [0.2, 0.25) is 0 Å². The SMILES string of the molecule is [N-]=[N+]=NCCNC(C(=O)O)c1cc(F)c(F)c(F)c1. The quantitative estimate of drug-likeness (QED) is 0.273. The Bertz CT molecular complexity index is 509. The van der Waals surface area contributed by atoms with Gasteiger partial charge in [0.25, 0.3) is 0 Å². The number of azide groups is 1. The maximum Gasteiger partial charge on any atom is 0.325 e. The van der Waals surface area contributed by atoms with Crippen molar-refractivity contribution in [3.8, 4) is 0 Å². The average Bonchev–Trinajstić information content (AvgIpc) is 2.35. The molecule has 1 atom stereocenters. The van der Waals surface area contributed by atoms with Gasteiger partial charge in [0, 0.05) is 18.0 Å². The number of carbonyl (C=O) groups is 1. The van der Waals surface area contributed by atoms with E-state index in [1.165, 1.54) is 0 Å². The molecule has 9 heteroatoms. The van der Waals surface area contributed by atoms with Gasteiger partial charge in [0.05, 0.1) is 0 Å². The van der Waals surface area contributed by atoms with E-state index in [4.69, 9.17) is 10.6 Å². The molecule has 1 rings (SSSR count). The number of hydrogen-bond donors (Lipinski definition) is 2. The highest BCUT2D eigenvalue weighted by Crippen LogP contribution is 2.19. The van der Waals surface area contributed by atoms with Gasteiger partial charge < -0.3 is 10.4 Å². The smallest absolute Gasteiger partial charge is 0.325 e. The first-order valence-electron chi connectivity index (χ1n) is 5.09. The first-order chi connectivity index (χ1) is 8.97. The molecule has 0 radical (unpaired) electrons. The number of halogens is 3. The molecule has 0 amide bonds. The fourth-order valence-corrected chi connectivity index (χ4v) is 1.39. The van der Waals surface area contributed by atoms with Gasteiger partial charge >= 0.3 is 5.97 Å². The summed E-state index contributed by atoms with van der Waals surface area (Å²) in [6.07, 6.45) is 0. The average molecular weight is 274 g/mol. The standard InChI is InChI=1S/C10H9F3N4O2/c11-6-3-5(4-7(12)8(6)13)9(10(18)19)15-1-2-16-17-14/h3-4,9,15H,1-2H2,(H,18,19). The van der Waals surface area contributed by atoms with Crippen LogP contribution in [0.25, 0.3) is 10.4 Å². The summed E-state index contributed by atoms with van der Waals surface area (Å²) >= 11 is 0. The highest BCUT2D eigenvalue weighted by atomic mass is 19.2. The van der Waals surface area contributed by atoms with E-state index >= 15 is 0 Å². The van der Waals surface area contributed by atoms with Gasteiger partial charge in [-0.05, 0) is 23.2 Å². The second-order valence-electron chi connectivity index (χ2n) is 3.48. The molecule has 1 aromatic carbocycles. The van der Waals surface area contributed by atoms with E-state index < -0.39 is 29.5 Å². The summed E-state index contributed by atoms with van der Waals surface area (Å²) in [4.78, 5) is 13.4. The molecule has 19 heavy (non-hydrogen) atoms. The second-order valence-corrected chi connectivity index (χ2v) is 3.48. The molecule has 0 fully saturated rings. The van der Waals surface area contributed by atoms with Crippen LogP contribution in [0.15, 0.2) is 17.2 Å². The minimum atomic E-state index is -1.66. The Labute approximate surface area is 105 Å². The predicted octanol–water partition coefficient (Wildman–Crippen LogP) is 2.13. The summed E-state index contributed by atoms with van der Waals surface area (Å²) in [6, 6.07) is -0.242. The molecule has 2 N–H and O–H groups in total. The summed E-state index contributed by atoms with van der Waals surface area (Å²) in [5.74, 6) is -6.01. The number of nitrogens with zero attached hydrogens (tertiary/aromatic N) is 3. The maximum atomic E-state index is 13.0. The van der Waals surface area contributed by atoms with Crippen LogP contribution in [-0.2, 0) is 4.79 Å². The molecule has 0 aliphatic rings. The van der Waals surface area contributed by atoms with E-state index in [-0.39, 0.29) is 18.7 Å². The first-order valence-corrected chi connectivity index (χ1v) is 5.09. The van der Waals surface area contributed by atoms with Crippen molar-refractivity contribution in [1.82, 2.24) is 5.32 Å². The van der Waals surface area contributed by atoms with Crippen LogP contribution in [-0.4, -0.2) is 24.2 Å². The zero-order chi connectivity index (χ0) is 14.4. The summed E-state index contributed by atoms with van der Waals surface area (Å²) in [6.45, 7) is -0.0475. The Kier molecular flexibility index (Phi) is 5.16. The van der Waals surface area contributed by atoms with E-state index in [1.54, 1.807) is 0 Å². The predicted molar refractivity (Wildman–Crippen MR) is 58.7 cm³/mol. The van der Waals surface area contributed by atoms with Crippen molar-refractivity contribution in [1.29, 1.82) is 0 Å². The van der Waals surface area contributed by atoms with Crippen LogP contribution in [0.4, 0.5) is 13.2 Å². The van der Waals surface area contributed by atoms with Crippen molar-refractivity contribution >= 4 is 5.97 Å². The van der Waals surface area contributed by atoms with Gasteiger partial charge in [-0.1, -0.05) is 5.11 Å². The van der Waals surface area contributed by atoms with E-state index in [1.807, 2.05) is 0 Å². The fraction of sp³-hybridized carbons (Fsp3) is 0.300. The maximum absolute atomic E-state index is 13.0. The lowest BCUT2D eigenvalue weighted by Gasteiger charge is -2.14. The number of rotatable bonds is 6. The number of carboxylic acid groups (broad SMARTS) is 1. The number of benzene rings is 1. The van der Waals surface area contributed by atoms with Crippen LogP contribution < -0.4 is 5.32 Å². The lowest BCUT2D eigenvalue weighted by molar-refractivity contribution is -0.139. The molecule has 0 saturated heterocycles. The third-order valence-electron chi connectivity index (χ3n) is 2.21. The molecule has 1 unspecified atom stereocenters. The van der Waals surface area contributed by atoms with E-state index in [2.05, 4.69) is 15.3 Å². The van der Waals surface area contributed by atoms with Crippen molar-refractivity contribution in [2.45, 2.75) is 6.04 Å². The normalized spacial score (nSPS) is 11.7. The molecular weight excluding hydrogens is 265 g/mol. The van der Waals surface area contributed by atoms with Crippen molar-refractivity contribution in [3.63, 3.8) is 0 Å². The Hall–Kier alpha value is -2.25. The van der Waals surface area contributed by atoms with Crippen LogP contribution >= 0.6 is 0 Å². The van der Waals surface area contributed by atoms with Crippen LogP contribution in [0.2, 0.25) is 0 Å². The van der Waals surface area contributed by atoms with E-state index in [0.717, 1.165) is 0 Å². The third kappa shape index (κ3) is 3.87. The van der Waals surface area contributed by atoms with Crippen LogP contribution in [0.5, 0.6) is 0 Å². The summed E-state index contributed by atoms with van der Waals surface area (Å²) in [5, 5.41) is 14.5. The molecule has 0 saturated carbocycles. The van der Waals surface area contributed by atoms with Crippen LogP contribution in [0.3, 0.4) is 0 Å². The number of carboxylic acids is 1. The molecule has 0 bridgehead atoms. The zero-order valence-corrected chi connectivity index (χ0v) is 9.48. The number of aliphatic carboxylic acids is 1. The Balaban J connectivity index is 2.93. The van der Waals surface area contributed by atoms with Crippen molar-refractivity contribution in [3.05, 3.63) is 45.6 Å². The molecule has 0 aliphatic carbocycles. The first kappa shape index (κ1) is 14.8. The number of hydrogen-bond acceptors (Lipinski definition) is 3. The monoisotopic (exact) mass is 274 g/mol. The van der Waals surface area contributed by atoms with Gasteiger partial charge in [-0.3, -0.25) is 4.79 Å². The molecule has 102 valence electrons. The minimum Gasteiger partial charge on any atom is -0.480 e. The minimum absolute atomic E-state index is 0.0123. The molecule has 0 spiro atoms. The Morgan fingerprint density at radius 2 is 2.00 bits per heavy atom. The largest absolute Gasteiger partial charge is 0.480 e. The zero-order valence-electron chi connectivity index (χ0n) is 9.48. The van der Waals surface area contributed by atoms with Gasteiger partial charge in [0.15, 0.2) is 17.5 Å². The summed E-state index contributed by atoms with van der Waals surface area (Å²) in [5.41, 5.74) is 7.76. The Morgan fingerprint density at radius 1 is 1.42 bits per heavy atom. The van der Waals surface area contributed by atoms with Crippen LogP contribution in [0, 0.1) is 17.5 Å². The van der Waals surface area contributed by atoms with Crippen molar-refractivity contribution < 1.29 is 23.1 Å². The lowest BCUT2D eigenvalue weighted by Crippen LogP contribution is -2.30. The highest BCUT2D eigenvalue weighted by Gasteiger charge is 2.22. The third-order valence-corrected chi connectivity index (χ3v) is 2.21. The summed E-state index contributed by atoms with van der Waals surface area (Å²) < 4.78 is 38.8. The van der Waals surface area contributed by atoms with Gasteiger partial charge in [-0.25, -0.2) is 13.2 Å². The summed E-state index contributed by atoms with van der Waals surface area (Å²) in [7, 11) is 0. The highest BCUT2D eigenvalue weighted by molar-refractivity contribution is 5.75. The van der Waals surface area contributed by atoms with Crippen molar-refractivity contribution in [2.24, 2.45) is 5.11 Å². The molecule has 0 aromatic heterocycles. The van der Waals surface area contributed by atoms with Gasteiger partial charge in [-0.2, -0.15) is 0 Å². The second kappa shape index (κ2) is 6.62. The van der Waals surface area contributed by atoms with Gasteiger partial charge in [0.1, 0.15) is 6.04 Å². The molecule has 6 nitrogen and oxygen atoms in total. The Morgan fingerprint density at radius 3 is 2.47 bits per heavy atom. The molecule has 0 heterocycles. The lowest BCUT2D eigenvalue weighted by atomic mass is 10.1. The topological polar surface area (TPSA) is 98.1 Å². The molecule has 1 aromatic rings.